The number of aliphatic hydroxyl groups excluding tert-OH is 1. The van der Waals surface area contributed by atoms with E-state index in [9.17, 15) is 9.90 Å². The largest absolute Gasteiger partial charge is 0.496 e. The third-order valence-electron chi connectivity index (χ3n) is 8.56. The summed E-state index contributed by atoms with van der Waals surface area (Å²) in [6, 6.07) is 16.1. The number of aromatic nitrogens is 4. The van der Waals surface area contributed by atoms with Gasteiger partial charge in [0, 0.05) is 46.2 Å². The average Bonchev–Trinajstić information content (AvgIpc) is 3.54. The van der Waals surface area contributed by atoms with Crippen molar-refractivity contribution in [3.8, 4) is 28.1 Å². The second-order valence-electron chi connectivity index (χ2n) is 11.5. The zero-order valence-electron chi connectivity index (χ0n) is 25.2. The van der Waals surface area contributed by atoms with Crippen molar-refractivity contribution in [2.75, 3.05) is 32.1 Å². The number of methoxy groups -OCH3 is 1. The summed E-state index contributed by atoms with van der Waals surface area (Å²) in [7, 11) is 1.66. The van der Waals surface area contributed by atoms with Gasteiger partial charge < -0.3 is 24.7 Å². The molecule has 1 aliphatic rings. The van der Waals surface area contributed by atoms with Crippen LogP contribution in [-0.4, -0.2) is 68.9 Å². The van der Waals surface area contributed by atoms with E-state index in [1.165, 1.54) is 0 Å². The van der Waals surface area contributed by atoms with Crippen LogP contribution in [0.5, 0.6) is 5.75 Å². The van der Waals surface area contributed by atoms with E-state index in [0.717, 1.165) is 72.2 Å². The van der Waals surface area contributed by atoms with E-state index >= 15 is 0 Å². The lowest BCUT2D eigenvalue weighted by atomic mass is 9.96. The number of H-pyrrole nitrogens is 1. The Kier molecular flexibility index (Phi) is 7.02. The van der Waals surface area contributed by atoms with Gasteiger partial charge in [0.1, 0.15) is 23.0 Å². The summed E-state index contributed by atoms with van der Waals surface area (Å²) in [4.78, 5) is 28.4. The van der Waals surface area contributed by atoms with Crippen molar-refractivity contribution in [1.29, 1.82) is 0 Å². The fourth-order valence-corrected chi connectivity index (χ4v) is 6.45. The summed E-state index contributed by atoms with van der Waals surface area (Å²) in [5, 5.41) is 20.8. The highest BCUT2D eigenvalue weighted by Crippen LogP contribution is 2.42. The molecule has 1 aliphatic heterocycles. The van der Waals surface area contributed by atoms with E-state index in [2.05, 4.69) is 32.5 Å². The molecule has 224 valence electrons. The van der Waals surface area contributed by atoms with Gasteiger partial charge in [-0.25, -0.2) is 9.97 Å². The van der Waals surface area contributed by atoms with E-state index in [4.69, 9.17) is 19.2 Å². The Morgan fingerprint density at radius 2 is 1.82 bits per heavy atom. The highest BCUT2D eigenvalue weighted by molar-refractivity contribution is 6.17. The van der Waals surface area contributed by atoms with Gasteiger partial charge in [-0.05, 0) is 57.2 Å². The maximum Gasteiger partial charge on any atom is 0.238 e. The summed E-state index contributed by atoms with van der Waals surface area (Å²) < 4.78 is 11.3. The van der Waals surface area contributed by atoms with E-state index in [0.29, 0.717) is 44.0 Å². The number of ether oxygens (including phenoxy) is 1. The molecule has 7 rings (SSSR count). The number of aliphatic hydroxyl groups is 1. The molecule has 3 aromatic carbocycles. The molecule has 0 saturated carbocycles. The third kappa shape index (κ3) is 4.86. The number of fused-ring (bicyclic) bond motifs is 4. The number of benzene rings is 3. The molecule has 44 heavy (non-hydrogen) atoms. The molecule has 1 amide bonds. The number of amides is 1. The topological polar surface area (TPSA) is 129 Å². The summed E-state index contributed by atoms with van der Waals surface area (Å²) >= 11 is 0. The van der Waals surface area contributed by atoms with Gasteiger partial charge in [-0.1, -0.05) is 35.5 Å². The van der Waals surface area contributed by atoms with Crippen LogP contribution in [0.2, 0.25) is 0 Å². The number of nitrogens with zero attached hydrogens (tertiary/aromatic N) is 4. The van der Waals surface area contributed by atoms with Gasteiger partial charge in [0.15, 0.2) is 0 Å². The van der Waals surface area contributed by atoms with Gasteiger partial charge in [-0.3, -0.25) is 9.69 Å². The number of hydrogen-bond donors (Lipinski definition) is 3. The second kappa shape index (κ2) is 11.0. The van der Waals surface area contributed by atoms with E-state index in [1.807, 2.05) is 57.2 Å². The van der Waals surface area contributed by atoms with Gasteiger partial charge in [-0.2, -0.15) is 0 Å². The second-order valence-corrected chi connectivity index (χ2v) is 11.5. The standard InChI is InChI=1S/C34H34N6O4/c1-18-31(19(2)44-39-18)26-15-28-25(16-29(26)43-4)32-33(35-20(3)36-34(32)38-28)24-9-10-27(23-8-6-5-7-22(23)24)37-30(42)17-40-13-11-21(41)12-14-40/h5-10,15-16,21,41H,11-14,17H2,1-4H3,(H,37,42)(H,35,36,38). The van der Waals surface area contributed by atoms with E-state index in [-0.39, 0.29) is 12.0 Å². The van der Waals surface area contributed by atoms with Crippen molar-refractivity contribution in [3.63, 3.8) is 0 Å². The molecular formula is C34H34N6O4. The predicted octanol–water partition coefficient (Wildman–Crippen LogP) is 5.92. The minimum Gasteiger partial charge on any atom is -0.496 e. The summed E-state index contributed by atoms with van der Waals surface area (Å²) in [6.07, 6.45) is 1.11. The lowest BCUT2D eigenvalue weighted by molar-refractivity contribution is -0.117. The van der Waals surface area contributed by atoms with Crippen LogP contribution >= 0.6 is 0 Å². The molecule has 1 saturated heterocycles. The number of anilines is 1. The lowest BCUT2D eigenvalue weighted by Crippen LogP contribution is -2.40. The Hall–Kier alpha value is -4.80. The molecule has 3 aromatic heterocycles. The lowest BCUT2D eigenvalue weighted by Gasteiger charge is -2.28. The minimum absolute atomic E-state index is 0.0719. The van der Waals surface area contributed by atoms with Gasteiger partial charge >= 0.3 is 0 Å². The van der Waals surface area contributed by atoms with Crippen LogP contribution in [0.3, 0.4) is 0 Å². The van der Waals surface area contributed by atoms with Crippen molar-refractivity contribution in [2.24, 2.45) is 0 Å². The SMILES string of the molecule is COc1cc2c(cc1-c1c(C)noc1C)[nH]c1nc(C)nc(-c3ccc(NC(=O)CN4CCC(O)CC4)c4ccccc34)c12. The Labute approximate surface area is 254 Å². The van der Waals surface area contributed by atoms with E-state index < -0.39 is 0 Å². The first kappa shape index (κ1) is 28.0. The van der Waals surface area contributed by atoms with Crippen molar-refractivity contribution in [2.45, 2.75) is 39.7 Å². The van der Waals surface area contributed by atoms with E-state index in [1.54, 1.807) is 7.11 Å². The van der Waals surface area contributed by atoms with Gasteiger partial charge in [-0.15, -0.1) is 0 Å². The van der Waals surface area contributed by atoms with Crippen LogP contribution in [-0.2, 0) is 4.79 Å². The number of aromatic amines is 1. The molecule has 10 nitrogen and oxygen atoms in total. The van der Waals surface area contributed by atoms with Crippen LogP contribution in [0.15, 0.2) is 53.1 Å². The molecule has 3 N–H and O–H groups in total. The van der Waals surface area contributed by atoms with Crippen LogP contribution < -0.4 is 10.1 Å². The molecular weight excluding hydrogens is 556 g/mol. The van der Waals surface area contributed by atoms with Crippen molar-refractivity contribution in [3.05, 3.63) is 65.8 Å². The summed E-state index contributed by atoms with van der Waals surface area (Å²) in [5.41, 5.74) is 6.70. The highest BCUT2D eigenvalue weighted by atomic mass is 16.5. The summed E-state index contributed by atoms with van der Waals surface area (Å²) in [5.74, 6) is 1.99. The molecule has 6 aromatic rings. The fourth-order valence-electron chi connectivity index (χ4n) is 6.45. The number of rotatable bonds is 6. The smallest absolute Gasteiger partial charge is 0.238 e. The molecule has 0 spiro atoms. The Bertz CT molecular complexity index is 2040. The first-order chi connectivity index (χ1) is 21.3. The highest BCUT2D eigenvalue weighted by Gasteiger charge is 2.23. The van der Waals surface area contributed by atoms with Crippen molar-refractivity contribution in [1.82, 2.24) is 25.0 Å². The van der Waals surface area contributed by atoms with Gasteiger partial charge in [0.2, 0.25) is 5.91 Å². The Balaban J connectivity index is 1.34. The van der Waals surface area contributed by atoms with Crippen molar-refractivity contribution >= 4 is 44.3 Å². The zero-order chi connectivity index (χ0) is 30.5. The average molecular weight is 591 g/mol. The zero-order valence-corrected chi connectivity index (χ0v) is 25.2. The first-order valence-corrected chi connectivity index (χ1v) is 14.8. The first-order valence-electron chi connectivity index (χ1n) is 14.8. The number of carbonyl (C=O) groups excluding carboxylic acids is 1. The molecule has 0 bridgehead atoms. The Morgan fingerprint density at radius 1 is 1.05 bits per heavy atom. The quantitative estimate of drug-likeness (QED) is 0.218. The normalized spacial score (nSPS) is 14.6. The van der Waals surface area contributed by atoms with Crippen LogP contribution in [0.1, 0.15) is 30.1 Å². The number of likely N-dealkylation sites (tertiary alicyclic amines) is 1. The van der Waals surface area contributed by atoms with Crippen LogP contribution in [0, 0.1) is 20.8 Å². The molecule has 0 atom stereocenters. The monoisotopic (exact) mass is 590 g/mol. The number of aryl methyl sites for hydroxylation is 3. The van der Waals surface area contributed by atoms with Gasteiger partial charge in [0.25, 0.3) is 0 Å². The molecule has 0 aliphatic carbocycles. The Morgan fingerprint density at radius 3 is 2.55 bits per heavy atom. The van der Waals surface area contributed by atoms with Gasteiger partial charge in [0.05, 0.1) is 42.1 Å². The molecule has 0 radical (unpaired) electrons. The minimum atomic E-state index is -0.273. The molecule has 1 fully saturated rings. The van der Waals surface area contributed by atoms with Crippen LogP contribution in [0.25, 0.3) is 55.1 Å². The number of piperidine rings is 1. The number of hydrogen-bond acceptors (Lipinski definition) is 8. The number of nitrogens with one attached hydrogen (secondary N) is 2. The number of carbonyl (C=O) groups is 1. The molecule has 10 heteroatoms. The third-order valence-corrected chi connectivity index (χ3v) is 8.56. The maximum absolute atomic E-state index is 13.0. The fraction of sp³-hybridized carbons (Fsp3) is 0.294. The van der Waals surface area contributed by atoms with Crippen molar-refractivity contribution < 1.29 is 19.2 Å². The molecule has 0 unspecified atom stereocenters. The maximum atomic E-state index is 13.0. The predicted molar refractivity (Wildman–Crippen MR) is 171 cm³/mol. The van der Waals surface area contributed by atoms with Crippen LogP contribution in [0.4, 0.5) is 5.69 Å². The molecule has 4 heterocycles. The summed E-state index contributed by atoms with van der Waals surface area (Å²) in [6.45, 7) is 7.43.